The van der Waals surface area contributed by atoms with Crippen molar-refractivity contribution in [3.05, 3.63) is 80.7 Å². The first-order valence-electron chi connectivity index (χ1n) is 6.18. The van der Waals surface area contributed by atoms with Gasteiger partial charge in [0.15, 0.2) is 0 Å². The first kappa shape index (κ1) is 13.2. The largest absolute Gasteiger partial charge is 0.310 e. The van der Waals surface area contributed by atoms with Crippen molar-refractivity contribution in [2.24, 2.45) is 0 Å². The van der Waals surface area contributed by atoms with Crippen LogP contribution in [0.2, 0.25) is 10.0 Å². The molecular formula is C16H11Cl2NO. The van der Waals surface area contributed by atoms with Crippen molar-refractivity contribution < 1.29 is 0 Å². The van der Waals surface area contributed by atoms with Crippen LogP contribution in [0, 0.1) is 0 Å². The van der Waals surface area contributed by atoms with Gasteiger partial charge < -0.3 is 4.57 Å². The Labute approximate surface area is 126 Å². The lowest BCUT2D eigenvalue weighted by molar-refractivity contribution is 0.768. The Hall–Kier alpha value is -1.77. The van der Waals surface area contributed by atoms with Crippen LogP contribution in [-0.4, -0.2) is 4.57 Å². The average molecular weight is 304 g/mol. The summed E-state index contributed by atoms with van der Waals surface area (Å²) in [6.45, 7) is 0.363. The predicted octanol–water partition coefficient (Wildman–Crippen LogP) is 4.36. The van der Waals surface area contributed by atoms with Crippen LogP contribution < -0.4 is 5.56 Å². The minimum atomic E-state index is -0.0425. The molecule has 0 saturated heterocycles. The van der Waals surface area contributed by atoms with E-state index in [1.165, 1.54) is 0 Å². The highest BCUT2D eigenvalue weighted by Gasteiger charge is 2.08. The molecule has 0 fully saturated rings. The van der Waals surface area contributed by atoms with Gasteiger partial charge in [-0.1, -0.05) is 47.5 Å². The van der Waals surface area contributed by atoms with Crippen molar-refractivity contribution in [3.8, 4) is 0 Å². The van der Waals surface area contributed by atoms with Crippen LogP contribution in [-0.2, 0) is 6.54 Å². The zero-order chi connectivity index (χ0) is 14.1. The van der Waals surface area contributed by atoms with Gasteiger partial charge in [0.2, 0.25) is 0 Å². The summed E-state index contributed by atoms with van der Waals surface area (Å²) in [6.07, 6.45) is 1.77. The number of rotatable bonds is 2. The molecule has 2 aromatic carbocycles. The zero-order valence-corrected chi connectivity index (χ0v) is 12.0. The molecule has 0 spiro atoms. The number of fused-ring (bicyclic) bond motifs is 1. The van der Waals surface area contributed by atoms with E-state index in [1.807, 2.05) is 30.3 Å². The lowest BCUT2D eigenvalue weighted by Crippen LogP contribution is -2.20. The molecule has 0 atom stereocenters. The fourth-order valence-corrected chi connectivity index (χ4v) is 2.72. The van der Waals surface area contributed by atoms with Gasteiger partial charge in [-0.15, -0.1) is 0 Å². The molecule has 1 aromatic heterocycles. The normalized spacial score (nSPS) is 10.9. The van der Waals surface area contributed by atoms with Crippen molar-refractivity contribution in [2.45, 2.75) is 6.54 Å². The Bertz CT molecular complexity index is 819. The number of halogens is 2. The second-order valence-corrected chi connectivity index (χ2v) is 5.35. The maximum atomic E-state index is 12.4. The van der Waals surface area contributed by atoms with Gasteiger partial charge in [-0.2, -0.15) is 0 Å². The zero-order valence-electron chi connectivity index (χ0n) is 10.5. The van der Waals surface area contributed by atoms with Crippen LogP contribution in [0.25, 0.3) is 10.8 Å². The third kappa shape index (κ3) is 2.33. The lowest BCUT2D eigenvalue weighted by atomic mass is 10.1. The van der Waals surface area contributed by atoms with Crippen LogP contribution in [0.3, 0.4) is 0 Å². The quantitative estimate of drug-likeness (QED) is 0.689. The smallest absolute Gasteiger partial charge is 0.258 e. The van der Waals surface area contributed by atoms with Crippen molar-refractivity contribution in [1.82, 2.24) is 4.57 Å². The van der Waals surface area contributed by atoms with Gasteiger partial charge in [-0.25, -0.2) is 0 Å². The number of nitrogens with zero attached hydrogens (tertiary/aromatic N) is 1. The van der Waals surface area contributed by atoms with Crippen molar-refractivity contribution in [3.63, 3.8) is 0 Å². The molecule has 0 unspecified atom stereocenters. The molecule has 0 radical (unpaired) electrons. The summed E-state index contributed by atoms with van der Waals surface area (Å²) in [4.78, 5) is 12.4. The summed E-state index contributed by atoms with van der Waals surface area (Å²) in [7, 11) is 0. The van der Waals surface area contributed by atoms with Crippen LogP contribution in [0.1, 0.15) is 5.56 Å². The minimum absolute atomic E-state index is 0.0425. The summed E-state index contributed by atoms with van der Waals surface area (Å²) >= 11 is 12.3. The van der Waals surface area contributed by atoms with Gasteiger partial charge >= 0.3 is 0 Å². The van der Waals surface area contributed by atoms with Crippen molar-refractivity contribution in [2.75, 3.05) is 0 Å². The Morgan fingerprint density at radius 1 is 0.900 bits per heavy atom. The topological polar surface area (TPSA) is 22.0 Å². The summed E-state index contributed by atoms with van der Waals surface area (Å²) in [5.74, 6) is 0. The molecule has 0 N–H and O–H groups in total. The summed E-state index contributed by atoms with van der Waals surface area (Å²) < 4.78 is 1.62. The molecular weight excluding hydrogens is 293 g/mol. The molecule has 0 bridgehead atoms. The highest BCUT2D eigenvalue weighted by atomic mass is 35.5. The van der Waals surface area contributed by atoms with E-state index in [9.17, 15) is 4.79 Å². The summed E-state index contributed by atoms with van der Waals surface area (Å²) in [5, 5.41) is 2.76. The molecule has 3 rings (SSSR count). The fraction of sp³-hybridized carbons (Fsp3) is 0.0625. The molecule has 0 aliphatic heterocycles. The first-order valence-corrected chi connectivity index (χ1v) is 6.93. The average Bonchev–Trinajstić information content (AvgIpc) is 2.45. The van der Waals surface area contributed by atoms with E-state index in [2.05, 4.69) is 0 Å². The highest BCUT2D eigenvalue weighted by Crippen LogP contribution is 2.24. The van der Waals surface area contributed by atoms with E-state index in [0.717, 1.165) is 10.9 Å². The first-order chi connectivity index (χ1) is 9.66. The van der Waals surface area contributed by atoms with E-state index in [-0.39, 0.29) is 5.56 Å². The Morgan fingerprint density at radius 3 is 2.35 bits per heavy atom. The molecule has 2 nitrogen and oxygen atoms in total. The second kappa shape index (κ2) is 5.31. The van der Waals surface area contributed by atoms with E-state index < -0.39 is 0 Å². The van der Waals surface area contributed by atoms with Gasteiger partial charge in [0.25, 0.3) is 5.56 Å². The maximum Gasteiger partial charge on any atom is 0.258 e. The van der Waals surface area contributed by atoms with Gasteiger partial charge in [0.1, 0.15) is 0 Å². The molecule has 20 heavy (non-hydrogen) atoms. The van der Waals surface area contributed by atoms with E-state index in [0.29, 0.717) is 22.0 Å². The summed E-state index contributed by atoms with van der Waals surface area (Å²) in [5.41, 5.74) is 0.715. The van der Waals surface area contributed by atoms with Crippen molar-refractivity contribution in [1.29, 1.82) is 0 Å². The van der Waals surface area contributed by atoms with E-state index >= 15 is 0 Å². The van der Waals surface area contributed by atoms with Gasteiger partial charge in [-0.3, -0.25) is 4.79 Å². The molecule has 0 aliphatic carbocycles. The molecule has 0 aliphatic rings. The third-order valence-electron chi connectivity index (χ3n) is 3.28. The number of hydrogen-bond acceptors (Lipinski definition) is 1. The summed E-state index contributed by atoms with van der Waals surface area (Å²) in [6, 6.07) is 14.8. The molecule has 0 saturated carbocycles. The molecule has 3 aromatic rings. The minimum Gasteiger partial charge on any atom is -0.310 e. The predicted molar refractivity (Wildman–Crippen MR) is 83.8 cm³/mol. The fourth-order valence-electron chi connectivity index (χ4n) is 2.21. The van der Waals surface area contributed by atoms with Crippen LogP contribution in [0.15, 0.2) is 59.5 Å². The Balaban J connectivity index is 2.12. The highest BCUT2D eigenvalue weighted by molar-refractivity contribution is 6.35. The van der Waals surface area contributed by atoms with Crippen LogP contribution >= 0.6 is 23.2 Å². The number of benzene rings is 2. The van der Waals surface area contributed by atoms with Crippen molar-refractivity contribution >= 4 is 34.0 Å². The number of aromatic nitrogens is 1. The maximum absolute atomic E-state index is 12.4. The van der Waals surface area contributed by atoms with Crippen LogP contribution in [0.4, 0.5) is 0 Å². The Kier molecular flexibility index (Phi) is 3.51. The number of hydrogen-bond donors (Lipinski definition) is 0. The molecule has 100 valence electrons. The monoisotopic (exact) mass is 303 g/mol. The third-order valence-corrected chi connectivity index (χ3v) is 3.98. The van der Waals surface area contributed by atoms with Gasteiger partial charge in [-0.05, 0) is 29.7 Å². The molecule has 4 heteroatoms. The standard InChI is InChI=1S/C16H11Cl2NO/c17-14-6-3-7-15(18)13(14)10-19-9-8-11-4-1-2-5-12(11)16(19)20/h1-9H,10H2. The van der Waals surface area contributed by atoms with Gasteiger partial charge in [0, 0.05) is 27.2 Å². The lowest BCUT2D eigenvalue weighted by Gasteiger charge is -2.10. The Morgan fingerprint density at radius 2 is 1.60 bits per heavy atom. The van der Waals surface area contributed by atoms with Gasteiger partial charge in [0.05, 0.1) is 6.54 Å². The second-order valence-electron chi connectivity index (χ2n) is 4.54. The van der Waals surface area contributed by atoms with Crippen LogP contribution in [0.5, 0.6) is 0 Å². The SMILES string of the molecule is O=c1c2ccccc2ccn1Cc1c(Cl)cccc1Cl. The molecule has 1 heterocycles. The van der Waals surface area contributed by atoms with E-state index in [1.54, 1.807) is 29.0 Å². The van der Waals surface area contributed by atoms with E-state index in [4.69, 9.17) is 23.2 Å². The molecule has 0 amide bonds. The number of pyridine rings is 1.